The van der Waals surface area contributed by atoms with Crippen molar-refractivity contribution < 1.29 is 0 Å². The van der Waals surface area contributed by atoms with Gasteiger partial charge in [0.05, 0.1) is 17.2 Å². The fourth-order valence-corrected chi connectivity index (χ4v) is 3.20. The Balaban J connectivity index is 0.00000312. The van der Waals surface area contributed by atoms with Crippen LogP contribution in [0.5, 0.6) is 0 Å². The summed E-state index contributed by atoms with van der Waals surface area (Å²) in [4.78, 5) is 9.34. The van der Waals surface area contributed by atoms with Crippen molar-refractivity contribution in [3.63, 3.8) is 0 Å². The number of rotatable bonds is 7. The van der Waals surface area contributed by atoms with E-state index in [4.69, 9.17) is 0 Å². The number of hydrogen-bond donors (Lipinski definition) is 2. The number of guanidine groups is 1. The summed E-state index contributed by atoms with van der Waals surface area (Å²) >= 11 is 1.75. The fourth-order valence-electron chi connectivity index (χ4n) is 2.33. The molecule has 0 amide bonds. The number of aryl methyl sites for hydroxylation is 1. The van der Waals surface area contributed by atoms with E-state index in [1.165, 1.54) is 16.1 Å². The van der Waals surface area contributed by atoms with E-state index >= 15 is 0 Å². The van der Waals surface area contributed by atoms with Crippen molar-refractivity contribution in [2.45, 2.75) is 46.6 Å². The van der Waals surface area contributed by atoms with Gasteiger partial charge in [-0.1, -0.05) is 43.7 Å². The van der Waals surface area contributed by atoms with E-state index in [-0.39, 0.29) is 24.0 Å². The van der Waals surface area contributed by atoms with Crippen LogP contribution in [0.25, 0.3) is 0 Å². The van der Waals surface area contributed by atoms with Crippen LogP contribution >= 0.6 is 35.3 Å². The Morgan fingerprint density at radius 1 is 1.28 bits per heavy atom. The lowest BCUT2D eigenvalue weighted by atomic mass is 10.1. The molecule has 0 aliphatic heterocycles. The summed E-state index contributed by atoms with van der Waals surface area (Å²) in [6, 6.07) is 8.48. The van der Waals surface area contributed by atoms with Crippen LogP contribution in [0.3, 0.4) is 0 Å². The van der Waals surface area contributed by atoms with E-state index < -0.39 is 0 Å². The maximum atomic E-state index is 4.67. The molecule has 0 saturated carbocycles. The highest BCUT2D eigenvalue weighted by Gasteiger charge is 2.06. The number of thiazole rings is 1. The Morgan fingerprint density at radius 3 is 2.72 bits per heavy atom. The van der Waals surface area contributed by atoms with Gasteiger partial charge < -0.3 is 10.6 Å². The van der Waals surface area contributed by atoms with Crippen LogP contribution < -0.4 is 10.6 Å². The molecule has 0 spiro atoms. The Hall–Kier alpha value is -1.15. The second-order valence-electron chi connectivity index (χ2n) is 6.19. The molecule has 1 aromatic carbocycles. The summed E-state index contributed by atoms with van der Waals surface area (Å²) in [6.07, 6.45) is 0.915. The third kappa shape index (κ3) is 7.73. The van der Waals surface area contributed by atoms with Crippen molar-refractivity contribution in [1.29, 1.82) is 0 Å². The average Bonchev–Trinajstić information content (AvgIpc) is 3.02. The van der Waals surface area contributed by atoms with Crippen LogP contribution in [0.2, 0.25) is 0 Å². The molecule has 2 N–H and O–H groups in total. The first-order valence-corrected chi connectivity index (χ1v) is 9.48. The number of aromatic nitrogens is 1. The maximum Gasteiger partial charge on any atom is 0.191 e. The SMILES string of the molecule is CCNC(=NCc1cccc(C)c1)NCCc1csc(C(C)C)n1.I. The van der Waals surface area contributed by atoms with Crippen molar-refractivity contribution in [1.82, 2.24) is 15.6 Å². The molecule has 0 radical (unpaired) electrons. The van der Waals surface area contributed by atoms with Crippen molar-refractivity contribution in [2.75, 3.05) is 13.1 Å². The lowest BCUT2D eigenvalue weighted by molar-refractivity contribution is 0.780. The first kappa shape index (κ1) is 21.9. The molecular weight excluding hydrogens is 443 g/mol. The molecule has 0 aliphatic rings. The van der Waals surface area contributed by atoms with Crippen molar-refractivity contribution in [3.8, 4) is 0 Å². The molecule has 138 valence electrons. The number of hydrogen-bond acceptors (Lipinski definition) is 3. The monoisotopic (exact) mass is 472 g/mol. The molecule has 2 rings (SSSR count). The van der Waals surface area contributed by atoms with Gasteiger partial charge in [0.1, 0.15) is 0 Å². The molecule has 25 heavy (non-hydrogen) atoms. The standard InChI is InChI=1S/C19H28N4S.HI/c1-5-20-19(22-12-16-8-6-7-15(4)11-16)21-10-9-17-13-24-18(23-17)14(2)3;/h6-8,11,13-14H,5,9-10,12H2,1-4H3,(H2,20,21,22);1H. The quantitative estimate of drug-likeness (QED) is 0.355. The van der Waals surface area contributed by atoms with Crippen LogP contribution in [0.15, 0.2) is 34.6 Å². The number of aliphatic imine (C=N–C) groups is 1. The van der Waals surface area contributed by atoms with Crippen LogP contribution in [0, 0.1) is 6.92 Å². The summed E-state index contributed by atoms with van der Waals surface area (Å²) in [7, 11) is 0. The van der Waals surface area contributed by atoms with E-state index in [0.29, 0.717) is 12.5 Å². The molecular formula is C19H29IN4S. The van der Waals surface area contributed by atoms with Gasteiger partial charge >= 0.3 is 0 Å². The van der Waals surface area contributed by atoms with E-state index in [1.807, 2.05) is 0 Å². The van der Waals surface area contributed by atoms with E-state index in [0.717, 1.165) is 31.2 Å². The summed E-state index contributed by atoms with van der Waals surface area (Å²) in [5.74, 6) is 1.36. The highest BCUT2D eigenvalue weighted by atomic mass is 127. The smallest absolute Gasteiger partial charge is 0.191 e. The van der Waals surface area contributed by atoms with E-state index in [9.17, 15) is 0 Å². The summed E-state index contributed by atoms with van der Waals surface area (Å²) in [5, 5.41) is 10.1. The van der Waals surface area contributed by atoms with Crippen LogP contribution in [-0.4, -0.2) is 24.0 Å². The Bertz CT molecular complexity index is 667. The minimum atomic E-state index is 0. The van der Waals surface area contributed by atoms with Gasteiger partial charge in [0.25, 0.3) is 0 Å². The number of nitrogens with zero attached hydrogens (tertiary/aromatic N) is 2. The van der Waals surface area contributed by atoms with Gasteiger partial charge in [-0.3, -0.25) is 0 Å². The number of halogens is 1. The molecule has 4 nitrogen and oxygen atoms in total. The number of benzene rings is 1. The molecule has 2 aromatic rings. The van der Waals surface area contributed by atoms with Crippen molar-refractivity contribution in [2.24, 2.45) is 4.99 Å². The van der Waals surface area contributed by atoms with Gasteiger partial charge in [0.15, 0.2) is 5.96 Å². The second kappa shape index (κ2) is 11.5. The second-order valence-corrected chi connectivity index (χ2v) is 7.08. The van der Waals surface area contributed by atoms with Gasteiger partial charge in [-0.15, -0.1) is 35.3 Å². The lowest BCUT2D eigenvalue weighted by Gasteiger charge is -2.11. The highest BCUT2D eigenvalue weighted by Crippen LogP contribution is 2.19. The Morgan fingerprint density at radius 2 is 2.08 bits per heavy atom. The predicted molar refractivity (Wildman–Crippen MR) is 119 cm³/mol. The molecule has 0 unspecified atom stereocenters. The third-order valence-corrected chi connectivity index (χ3v) is 4.78. The predicted octanol–water partition coefficient (Wildman–Crippen LogP) is 4.49. The zero-order chi connectivity index (χ0) is 17.4. The summed E-state index contributed by atoms with van der Waals surface area (Å²) < 4.78 is 0. The van der Waals surface area contributed by atoms with E-state index in [1.54, 1.807) is 11.3 Å². The summed E-state index contributed by atoms with van der Waals surface area (Å²) in [6.45, 7) is 10.9. The van der Waals surface area contributed by atoms with Crippen molar-refractivity contribution >= 4 is 41.3 Å². The van der Waals surface area contributed by atoms with Gasteiger partial charge in [-0.2, -0.15) is 0 Å². The lowest BCUT2D eigenvalue weighted by Crippen LogP contribution is -2.38. The zero-order valence-corrected chi connectivity index (χ0v) is 18.7. The molecule has 1 aromatic heterocycles. The molecule has 0 fully saturated rings. The first-order valence-electron chi connectivity index (χ1n) is 8.60. The molecule has 0 aliphatic carbocycles. The first-order chi connectivity index (χ1) is 11.6. The molecule has 0 bridgehead atoms. The molecule has 1 heterocycles. The molecule has 0 atom stereocenters. The number of nitrogens with one attached hydrogen (secondary N) is 2. The summed E-state index contributed by atoms with van der Waals surface area (Å²) in [5.41, 5.74) is 3.66. The van der Waals surface area contributed by atoms with Crippen molar-refractivity contribution in [3.05, 3.63) is 51.5 Å². The Kier molecular flexibility index (Phi) is 10.0. The van der Waals surface area contributed by atoms with Gasteiger partial charge in [-0.25, -0.2) is 9.98 Å². The average molecular weight is 472 g/mol. The zero-order valence-electron chi connectivity index (χ0n) is 15.5. The maximum absolute atomic E-state index is 4.67. The topological polar surface area (TPSA) is 49.3 Å². The van der Waals surface area contributed by atoms with Crippen LogP contribution in [0.4, 0.5) is 0 Å². The normalized spacial score (nSPS) is 11.3. The fraction of sp³-hybridized carbons (Fsp3) is 0.474. The molecule has 0 saturated heterocycles. The van der Waals surface area contributed by atoms with Crippen LogP contribution in [0.1, 0.15) is 48.5 Å². The Labute approximate surface area is 172 Å². The minimum Gasteiger partial charge on any atom is -0.357 e. The highest BCUT2D eigenvalue weighted by molar-refractivity contribution is 14.0. The van der Waals surface area contributed by atoms with Gasteiger partial charge in [0.2, 0.25) is 0 Å². The van der Waals surface area contributed by atoms with E-state index in [2.05, 4.69) is 78.0 Å². The third-order valence-electron chi connectivity index (χ3n) is 3.58. The molecule has 6 heteroatoms. The van der Waals surface area contributed by atoms with Crippen LogP contribution in [-0.2, 0) is 13.0 Å². The van der Waals surface area contributed by atoms with Gasteiger partial charge in [-0.05, 0) is 19.4 Å². The largest absolute Gasteiger partial charge is 0.357 e. The van der Waals surface area contributed by atoms with Gasteiger partial charge in [0, 0.05) is 30.8 Å². The minimum absolute atomic E-state index is 0.